The molecule has 1 fully saturated rings. The second-order valence-corrected chi connectivity index (χ2v) is 8.74. The summed E-state index contributed by atoms with van der Waals surface area (Å²) >= 11 is 22.8. The summed E-state index contributed by atoms with van der Waals surface area (Å²) in [6.07, 6.45) is 3.37. The lowest BCUT2D eigenvalue weighted by molar-refractivity contribution is 0.223. The SMILES string of the molecule is O=C(Nc1cccc(Cl)c1Cl)N(S)C1CCN(c2ccnc3ccc(Cl)cc23)CC1. The second kappa shape index (κ2) is 9.10. The third-order valence-electron chi connectivity index (χ3n) is 5.23. The molecule has 1 aromatic heterocycles. The molecule has 30 heavy (non-hydrogen) atoms. The molecule has 0 radical (unpaired) electrons. The standard InChI is InChI=1S/C21H19Cl3N4OS/c22-13-4-5-17-15(12-13)19(6-9-25-17)27-10-7-14(8-11-27)28(30)21(29)26-18-3-1-2-16(23)20(18)24/h1-6,9,12,14,30H,7-8,10-11H2,(H,26,29). The molecule has 0 aliphatic carbocycles. The Morgan fingerprint density at radius 1 is 1.13 bits per heavy atom. The number of nitrogens with zero attached hydrogens (tertiary/aromatic N) is 3. The van der Waals surface area contributed by atoms with Gasteiger partial charge in [-0.3, -0.25) is 9.29 Å². The van der Waals surface area contributed by atoms with Crippen molar-refractivity contribution in [2.45, 2.75) is 18.9 Å². The fourth-order valence-corrected chi connectivity index (χ4v) is 4.47. The second-order valence-electron chi connectivity index (χ2n) is 7.09. The molecule has 1 saturated heterocycles. The molecule has 1 aliphatic rings. The Kier molecular flexibility index (Phi) is 6.48. The van der Waals surface area contributed by atoms with E-state index in [1.165, 1.54) is 4.31 Å². The van der Waals surface area contributed by atoms with Crippen molar-refractivity contribution in [2.75, 3.05) is 23.3 Å². The number of aromatic nitrogens is 1. The van der Waals surface area contributed by atoms with Crippen LogP contribution in [-0.4, -0.2) is 34.5 Å². The van der Waals surface area contributed by atoms with Crippen LogP contribution in [0.15, 0.2) is 48.7 Å². The van der Waals surface area contributed by atoms with Gasteiger partial charge in [-0.15, -0.1) is 0 Å². The fraction of sp³-hybridized carbons (Fsp3) is 0.238. The molecule has 0 spiro atoms. The number of carbonyl (C=O) groups excluding carboxylic acids is 1. The van der Waals surface area contributed by atoms with E-state index in [-0.39, 0.29) is 12.1 Å². The van der Waals surface area contributed by atoms with Gasteiger partial charge in [0.15, 0.2) is 0 Å². The Morgan fingerprint density at radius 2 is 1.90 bits per heavy atom. The summed E-state index contributed by atoms with van der Waals surface area (Å²) in [5.74, 6) is 0. The average molecular weight is 482 g/mol. The molecule has 0 unspecified atom stereocenters. The summed E-state index contributed by atoms with van der Waals surface area (Å²) in [6.45, 7) is 1.58. The van der Waals surface area contributed by atoms with Crippen LogP contribution in [0.1, 0.15) is 12.8 Å². The number of pyridine rings is 1. The van der Waals surface area contributed by atoms with Crippen LogP contribution in [0.25, 0.3) is 10.9 Å². The lowest BCUT2D eigenvalue weighted by Crippen LogP contribution is -2.44. The van der Waals surface area contributed by atoms with Gasteiger partial charge in [0, 0.05) is 41.4 Å². The predicted octanol–water partition coefficient (Wildman–Crippen LogP) is 6.54. The summed E-state index contributed by atoms with van der Waals surface area (Å²) in [5.41, 5.74) is 2.47. The average Bonchev–Trinajstić information content (AvgIpc) is 2.76. The van der Waals surface area contributed by atoms with Crippen LogP contribution in [0.5, 0.6) is 0 Å². The van der Waals surface area contributed by atoms with Crippen molar-refractivity contribution in [1.29, 1.82) is 0 Å². The van der Waals surface area contributed by atoms with Crippen LogP contribution in [0.2, 0.25) is 15.1 Å². The van der Waals surface area contributed by atoms with Gasteiger partial charge >= 0.3 is 6.03 Å². The van der Waals surface area contributed by atoms with Gasteiger partial charge in [0.2, 0.25) is 0 Å². The molecule has 1 N–H and O–H groups in total. The van der Waals surface area contributed by atoms with Crippen molar-refractivity contribution < 1.29 is 4.79 Å². The Labute approximate surface area is 195 Å². The smallest absolute Gasteiger partial charge is 0.331 e. The van der Waals surface area contributed by atoms with E-state index >= 15 is 0 Å². The number of thiol groups is 1. The van der Waals surface area contributed by atoms with Crippen LogP contribution >= 0.6 is 47.6 Å². The number of benzene rings is 2. The predicted molar refractivity (Wildman–Crippen MR) is 128 cm³/mol. The van der Waals surface area contributed by atoms with Crippen molar-refractivity contribution in [1.82, 2.24) is 9.29 Å². The largest absolute Gasteiger partial charge is 0.371 e. The number of amides is 2. The molecule has 3 aromatic rings. The van der Waals surface area contributed by atoms with Gasteiger partial charge in [0.25, 0.3) is 0 Å². The summed E-state index contributed by atoms with van der Waals surface area (Å²) in [4.78, 5) is 19.4. The molecule has 0 atom stereocenters. The molecule has 5 nitrogen and oxygen atoms in total. The van der Waals surface area contributed by atoms with Crippen molar-refractivity contribution in [2.24, 2.45) is 0 Å². The monoisotopic (exact) mass is 480 g/mol. The third kappa shape index (κ3) is 4.42. The number of fused-ring (bicyclic) bond motifs is 1. The highest BCUT2D eigenvalue weighted by Gasteiger charge is 2.27. The molecule has 2 heterocycles. The minimum absolute atomic E-state index is 0.000711. The van der Waals surface area contributed by atoms with Gasteiger partial charge < -0.3 is 10.2 Å². The minimum Gasteiger partial charge on any atom is -0.371 e. The van der Waals surface area contributed by atoms with E-state index in [2.05, 4.69) is 28.0 Å². The first-order valence-electron chi connectivity index (χ1n) is 9.46. The molecule has 0 bridgehead atoms. The van der Waals surface area contributed by atoms with Gasteiger partial charge in [0.1, 0.15) is 0 Å². The van der Waals surface area contributed by atoms with E-state index in [1.54, 1.807) is 18.2 Å². The first-order valence-corrected chi connectivity index (χ1v) is 11.0. The quantitative estimate of drug-likeness (QED) is 0.417. The molecule has 0 saturated carbocycles. The molecule has 2 aromatic carbocycles. The Morgan fingerprint density at radius 3 is 2.67 bits per heavy atom. The first-order chi connectivity index (χ1) is 14.4. The minimum atomic E-state index is -0.331. The van der Waals surface area contributed by atoms with Crippen LogP contribution in [0, 0.1) is 0 Å². The van der Waals surface area contributed by atoms with Crippen LogP contribution in [-0.2, 0) is 0 Å². The number of hydrogen-bond acceptors (Lipinski definition) is 4. The van der Waals surface area contributed by atoms with E-state index in [0.29, 0.717) is 20.8 Å². The van der Waals surface area contributed by atoms with Crippen molar-refractivity contribution >= 4 is 75.9 Å². The van der Waals surface area contributed by atoms with Crippen LogP contribution < -0.4 is 10.2 Å². The van der Waals surface area contributed by atoms with Gasteiger partial charge in [-0.1, -0.05) is 53.7 Å². The van der Waals surface area contributed by atoms with Gasteiger partial charge in [-0.2, -0.15) is 0 Å². The highest BCUT2D eigenvalue weighted by Crippen LogP contribution is 2.32. The van der Waals surface area contributed by atoms with E-state index in [0.717, 1.165) is 42.5 Å². The van der Waals surface area contributed by atoms with Crippen molar-refractivity contribution in [3.63, 3.8) is 0 Å². The Bertz CT molecular complexity index is 1090. The number of nitrogens with one attached hydrogen (secondary N) is 1. The lowest BCUT2D eigenvalue weighted by Gasteiger charge is -2.37. The van der Waals surface area contributed by atoms with E-state index in [1.807, 2.05) is 30.5 Å². The number of urea groups is 1. The molecule has 9 heteroatoms. The maximum absolute atomic E-state index is 12.6. The zero-order valence-electron chi connectivity index (χ0n) is 15.9. The maximum Gasteiger partial charge on any atom is 0.331 e. The molecule has 2 amide bonds. The summed E-state index contributed by atoms with van der Waals surface area (Å²) < 4.78 is 1.44. The Hall–Kier alpha value is -1.86. The zero-order valence-corrected chi connectivity index (χ0v) is 19.0. The fourth-order valence-electron chi connectivity index (χ4n) is 3.67. The maximum atomic E-state index is 12.6. The topological polar surface area (TPSA) is 48.5 Å². The number of piperidine rings is 1. The van der Waals surface area contributed by atoms with Gasteiger partial charge in [-0.25, -0.2) is 4.79 Å². The van der Waals surface area contributed by atoms with E-state index in [4.69, 9.17) is 34.8 Å². The van der Waals surface area contributed by atoms with Gasteiger partial charge in [0.05, 0.1) is 21.2 Å². The molecule has 1 aliphatic heterocycles. The highest BCUT2D eigenvalue weighted by molar-refractivity contribution is 7.78. The molecule has 4 rings (SSSR count). The van der Waals surface area contributed by atoms with E-state index < -0.39 is 0 Å². The summed E-state index contributed by atoms with van der Waals surface area (Å²) in [6, 6.07) is 12.5. The summed E-state index contributed by atoms with van der Waals surface area (Å²) in [5, 5.41) is 5.19. The third-order valence-corrected chi connectivity index (χ3v) is 6.80. The van der Waals surface area contributed by atoms with Crippen LogP contribution in [0.3, 0.4) is 0 Å². The number of carbonyl (C=O) groups is 1. The first kappa shape index (κ1) is 21.4. The van der Waals surface area contributed by atoms with E-state index in [9.17, 15) is 4.79 Å². The summed E-state index contributed by atoms with van der Waals surface area (Å²) in [7, 11) is 0. The number of rotatable bonds is 3. The molecular formula is C21H19Cl3N4OS. The number of halogens is 3. The zero-order chi connectivity index (χ0) is 21.3. The molecule has 156 valence electrons. The van der Waals surface area contributed by atoms with Crippen LogP contribution in [0.4, 0.5) is 16.2 Å². The van der Waals surface area contributed by atoms with Gasteiger partial charge in [-0.05, 0) is 49.2 Å². The van der Waals surface area contributed by atoms with Crippen molar-refractivity contribution in [3.8, 4) is 0 Å². The van der Waals surface area contributed by atoms with Crippen molar-refractivity contribution in [3.05, 3.63) is 63.7 Å². The highest BCUT2D eigenvalue weighted by atomic mass is 35.5. The normalized spacial score (nSPS) is 14.7. The number of hydrogen-bond donors (Lipinski definition) is 2. The Balaban J connectivity index is 1.42. The lowest BCUT2D eigenvalue weighted by atomic mass is 10.0. The molecular weight excluding hydrogens is 463 g/mol. The number of anilines is 2.